The standard InChI is InChI=1S/C14H22N2O/c1-3-13(17-10-1)6-9-16-8-2-7-15-14(11-16)12-4-5-12/h1,3,10,12,14-15H,2,4-9,11H2. The monoisotopic (exact) mass is 234 g/mol. The number of nitrogens with one attached hydrogen (secondary N) is 1. The zero-order valence-corrected chi connectivity index (χ0v) is 10.4. The first kappa shape index (κ1) is 11.3. The third kappa shape index (κ3) is 3.11. The molecule has 3 heteroatoms. The molecular formula is C14H22N2O. The first-order valence-corrected chi connectivity index (χ1v) is 6.90. The van der Waals surface area contributed by atoms with Crippen molar-refractivity contribution in [3.8, 4) is 0 Å². The first-order chi connectivity index (χ1) is 8.42. The van der Waals surface area contributed by atoms with E-state index in [9.17, 15) is 0 Å². The fourth-order valence-corrected chi connectivity index (χ4v) is 2.76. The number of furan rings is 1. The zero-order valence-electron chi connectivity index (χ0n) is 10.4. The average Bonchev–Trinajstić information content (AvgIpc) is 3.09. The van der Waals surface area contributed by atoms with E-state index < -0.39 is 0 Å². The summed E-state index contributed by atoms with van der Waals surface area (Å²) in [5.41, 5.74) is 0. The van der Waals surface area contributed by atoms with Crippen LogP contribution in [0.15, 0.2) is 22.8 Å². The van der Waals surface area contributed by atoms with Crippen LogP contribution in [0.2, 0.25) is 0 Å². The van der Waals surface area contributed by atoms with Crippen LogP contribution in [0.25, 0.3) is 0 Å². The number of hydrogen-bond acceptors (Lipinski definition) is 3. The lowest BCUT2D eigenvalue weighted by Crippen LogP contribution is -2.39. The Hall–Kier alpha value is -0.800. The largest absolute Gasteiger partial charge is 0.469 e. The van der Waals surface area contributed by atoms with Gasteiger partial charge in [-0.2, -0.15) is 0 Å². The molecule has 2 aliphatic rings. The highest BCUT2D eigenvalue weighted by molar-refractivity contribution is 4.99. The van der Waals surface area contributed by atoms with E-state index in [1.54, 1.807) is 6.26 Å². The maximum atomic E-state index is 5.40. The van der Waals surface area contributed by atoms with Crippen molar-refractivity contribution in [2.45, 2.75) is 31.7 Å². The Balaban J connectivity index is 1.50. The Morgan fingerprint density at radius 2 is 2.35 bits per heavy atom. The van der Waals surface area contributed by atoms with Gasteiger partial charge < -0.3 is 14.6 Å². The van der Waals surface area contributed by atoms with E-state index >= 15 is 0 Å². The molecule has 1 unspecified atom stereocenters. The van der Waals surface area contributed by atoms with Gasteiger partial charge in [0, 0.05) is 25.6 Å². The predicted molar refractivity (Wildman–Crippen MR) is 68.0 cm³/mol. The van der Waals surface area contributed by atoms with Crippen LogP contribution in [-0.2, 0) is 6.42 Å². The Kier molecular flexibility index (Phi) is 3.48. The van der Waals surface area contributed by atoms with Gasteiger partial charge in [0.25, 0.3) is 0 Å². The van der Waals surface area contributed by atoms with Crippen LogP contribution in [0.3, 0.4) is 0 Å². The zero-order chi connectivity index (χ0) is 11.5. The van der Waals surface area contributed by atoms with Gasteiger partial charge in [0.1, 0.15) is 5.76 Å². The van der Waals surface area contributed by atoms with Gasteiger partial charge in [-0.15, -0.1) is 0 Å². The Labute approximate surface area is 103 Å². The van der Waals surface area contributed by atoms with Crippen molar-refractivity contribution in [1.82, 2.24) is 10.2 Å². The maximum Gasteiger partial charge on any atom is 0.105 e. The fraction of sp³-hybridized carbons (Fsp3) is 0.714. The van der Waals surface area contributed by atoms with Gasteiger partial charge in [0.2, 0.25) is 0 Å². The summed E-state index contributed by atoms with van der Waals surface area (Å²) in [4.78, 5) is 2.60. The van der Waals surface area contributed by atoms with Gasteiger partial charge in [-0.25, -0.2) is 0 Å². The van der Waals surface area contributed by atoms with E-state index in [0.717, 1.165) is 30.7 Å². The second-order valence-corrected chi connectivity index (χ2v) is 5.38. The van der Waals surface area contributed by atoms with E-state index in [1.807, 2.05) is 6.07 Å². The molecule has 3 rings (SSSR count). The molecule has 2 heterocycles. The van der Waals surface area contributed by atoms with Crippen LogP contribution in [0.4, 0.5) is 0 Å². The van der Waals surface area contributed by atoms with E-state index in [4.69, 9.17) is 4.42 Å². The lowest BCUT2D eigenvalue weighted by molar-refractivity contribution is 0.256. The molecular weight excluding hydrogens is 212 g/mol. The summed E-state index contributed by atoms with van der Waals surface area (Å²) in [5, 5.41) is 3.70. The van der Waals surface area contributed by atoms with Crippen molar-refractivity contribution in [1.29, 1.82) is 0 Å². The van der Waals surface area contributed by atoms with Crippen LogP contribution in [0.1, 0.15) is 25.0 Å². The lowest BCUT2D eigenvalue weighted by atomic mass is 10.1. The smallest absolute Gasteiger partial charge is 0.105 e. The van der Waals surface area contributed by atoms with Crippen LogP contribution < -0.4 is 5.32 Å². The molecule has 1 saturated heterocycles. The second-order valence-electron chi connectivity index (χ2n) is 5.38. The molecule has 17 heavy (non-hydrogen) atoms. The second kappa shape index (κ2) is 5.23. The highest BCUT2D eigenvalue weighted by Gasteiger charge is 2.32. The van der Waals surface area contributed by atoms with Crippen molar-refractivity contribution in [2.75, 3.05) is 26.2 Å². The minimum Gasteiger partial charge on any atom is -0.469 e. The number of rotatable bonds is 4. The van der Waals surface area contributed by atoms with Gasteiger partial charge in [-0.1, -0.05) is 0 Å². The van der Waals surface area contributed by atoms with Crippen LogP contribution in [0.5, 0.6) is 0 Å². The molecule has 1 aliphatic carbocycles. The Morgan fingerprint density at radius 1 is 1.41 bits per heavy atom. The third-order valence-corrected chi connectivity index (χ3v) is 3.96. The van der Waals surface area contributed by atoms with Crippen molar-refractivity contribution >= 4 is 0 Å². The summed E-state index contributed by atoms with van der Waals surface area (Å²) >= 11 is 0. The highest BCUT2D eigenvalue weighted by atomic mass is 16.3. The minimum atomic E-state index is 0.745. The SMILES string of the molecule is c1coc(CCN2CCCNC(C3CC3)C2)c1. The highest BCUT2D eigenvalue weighted by Crippen LogP contribution is 2.33. The first-order valence-electron chi connectivity index (χ1n) is 6.90. The van der Waals surface area contributed by atoms with Gasteiger partial charge >= 0.3 is 0 Å². The molecule has 1 aromatic heterocycles. The summed E-state index contributed by atoms with van der Waals surface area (Å²) in [6, 6.07) is 4.80. The summed E-state index contributed by atoms with van der Waals surface area (Å²) in [7, 11) is 0. The van der Waals surface area contributed by atoms with Crippen LogP contribution in [0, 0.1) is 5.92 Å². The maximum absolute atomic E-state index is 5.40. The van der Waals surface area contributed by atoms with Gasteiger partial charge in [-0.3, -0.25) is 0 Å². The molecule has 1 aliphatic heterocycles. The Bertz CT molecular complexity index is 332. The molecule has 1 saturated carbocycles. The van der Waals surface area contributed by atoms with E-state index in [-0.39, 0.29) is 0 Å². The molecule has 0 radical (unpaired) electrons. The molecule has 0 spiro atoms. The van der Waals surface area contributed by atoms with Crippen molar-refractivity contribution < 1.29 is 4.42 Å². The Morgan fingerprint density at radius 3 is 3.12 bits per heavy atom. The van der Waals surface area contributed by atoms with Gasteiger partial charge in [0.05, 0.1) is 6.26 Å². The van der Waals surface area contributed by atoms with E-state index in [1.165, 1.54) is 38.9 Å². The minimum absolute atomic E-state index is 0.745. The van der Waals surface area contributed by atoms with Gasteiger partial charge in [0.15, 0.2) is 0 Å². The van der Waals surface area contributed by atoms with Crippen molar-refractivity contribution in [3.63, 3.8) is 0 Å². The predicted octanol–water partition coefficient (Wildman–Crippen LogP) is 1.90. The summed E-state index contributed by atoms with van der Waals surface area (Å²) in [6.45, 7) is 4.79. The van der Waals surface area contributed by atoms with Gasteiger partial charge in [-0.05, 0) is 50.4 Å². The third-order valence-electron chi connectivity index (χ3n) is 3.96. The quantitative estimate of drug-likeness (QED) is 0.862. The van der Waals surface area contributed by atoms with E-state index in [0.29, 0.717) is 0 Å². The molecule has 2 fully saturated rings. The van der Waals surface area contributed by atoms with Crippen LogP contribution >= 0.6 is 0 Å². The lowest BCUT2D eigenvalue weighted by Gasteiger charge is -2.23. The van der Waals surface area contributed by atoms with Crippen molar-refractivity contribution in [2.24, 2.45) is 5.92 Å². The fourth-order valence-electron chi connectivity index (χ4n) is 2.76. The molecule has 0 amide bonds. The summed E-state index contributed by atoms with van der Waals surface area (Å²) in [5.74, 6) is 2.07. The number of nitrogens with zero attached hydrogens (tertiary/aromatic N) is 1. The van der Waals surface area contributed by atoms with Crippen molar-refractivity contribution in [3.05, 3.63) is 24.2 Å². The van der Waals surface area contributed by atoms with E-state index in [2.05, 4.69) is 16.3 Å². The molecule has 1 N–H and O–H groups in total. The molecule has 1 atom stereocenters. The normalized spacial score (nSPS) is 26.9. The molecule has 0 bridgehead atoms. The number of hydrogen-bond donors (Lipinski definition) is 1. The molecule has 1 aromatic rings. The molecule has 3 nitrogen and oxygen atoms in total. The molecule has 0 aromatic carbocycles. The summed E-state index contributed by atoms with van der Waals surface area (Å²) in [6.07, 6.45) is 6.96. The topological polar surface area (TPSA) is 28.4 Å². The summed E-state index contributed by atoms with van der Waals surface area (Å²) < 4.78 is 5.40. The van der Waals surface area contributed by atoms with Crippen LogP contribution in [-0.4, -0.2) is 37.1 Å². The molecule has 94 valence electrons. The average molecular weight is 234 g/mol.